The smallest absolute Gasteiger partial charge is 0.258 e. The number of carbonyl (C=O) groups is 1. The highest BCUT2D eigenvalue weighted by Gasteiger charge is 2.12. The van der Waals surface area contributed by atoms with Crippen molar-refractivity contribution in [2.45, 2.75) is 19.4 Å². The maximum atomic E-state index is 13.6. The van der Waals surface area contributed by atoms with Gasteiger partial charge in [-0.3, -0.25) is 4.79 Å². The summed E-state index contributed by atoms with van der Waals surface area (Å²) in [6.45, 7) is 2.07. The molecule has 0 aliphatic carbocycles. The van der Waals surface area contributed by atoms with Gasteiger partial charge in [-0.05, 0) is 50.8 Å². The Labute approximate surface area is 141 Å². The Balaban J connectivity index is 2.03. The zero-order chi connectivity index (χ0) is 17.7. The summed E-state index contributed by atoms with van der Waals surface area (Å²) in [6, 6.07) is 13.2. The molecule has 0 aliphatic heterocycles. The number of hydrogen-bond acceptors (Lipinski definition) is 3. The zero-order valence-corrected chi connectivity index (χ0v) is 14.1. The van der Waals surface area contributed by atoms with Crippen LogP contribution in [-0.2, 0) is 0 Å². The standard InChI is InChI=1S/C19H22FN3O/c1-13(23(2)3)12-18(21)14-8-10-15(11-9-14)22-19(24)16-6-4-5-7-17(16)20/h4-11,13,21H,12H2,1-3H3,(H,22,24). The number of amides is 1. The topological polar surface area (TPSA) is 56.2 Å². The van der Waals surface area contributed by atoms with Gasteiger partial charge in [0, 0.05) is 23.9 Å². The maximum absolute atomic E-state index is 13.6. The summed E-state index contributed by atoms with van der Waals surface area (Å²) >= 11 is 0. The molecule has 0 aliphatic rings. The molecule has 2 aromatic carbocycles. The first-order valence-corrected chi connectivity index (χ1v) is 7.78. The lowest BCUT2D eigenvalue weighted by Crippen LogP contribution is -2.27. The van der Waals surface area contributed by atoms with E-state index in [1.54, 1.807) is 36.4 Å². The molecule has 0 saturated heterocycles. The van der Waals surface area contributed by atoms with Crippen LogP contribution in [0.3, 0.4) is 0 Å². The van der Waals surface area contributed by atoms with Crippen molar-refractivity contribution < 1.29 is 9.18 Å². The summed E-state index contributed by atoms with van der Waals surface area (Å²) in [4.78, 5) is 14.1. The van der Waals surface area contributed by atoms with Crippen LogP contribution in [0.4, 0.5) is 10.1 Å². The lowest BCUT2D eigenvalue weighted by Gasteiger charge is -2.20. The summed E-state index contributed by atoms with van der Waals surface area (Å²) in [5.74, 6) is -1.04. The number of nitrogens with zero attached hydrogens (tertiary/aromatic N) is 1. The fraction of sp³-hybridized carbons (Fsp3) is 0.263. The van der Waals surface area contributed by atoms with Gasteiger partial charge < -0.3 is 15.6 Å². The summed E-state index contributed by atoms with van der Waals surface area (Å²) in [5, 5.41) is 10.8. The number of anilines is 1. The first kappa shape index (κ1) is 17.8. The van der Waals surface area contributed by atoms with Gasteiger partial charge >= 0.3 is 0 Å². The number of halogens is 1. The average molecular weight is 327 g/mol. The van der Waals surface area contributed by atoms with Crippen LogP contribution in [0.15, 0.2) is 48.5 Å². The van der Waals surface area contributed by atoms with E-state index < -0.39 is 11.7 Å². The van der Waals surface area contributed by atoms with E-state index in [1.165, 1.54) is 12.1 Å². The minimum atomic E-state index is -0.550. The third-order valence-electron chi connectivity index (χ3n) is 3.99. The largest absolute Gasteiger partial charge is 0.322 e. The van der Waals surface area contributed by atoms with Gasteiger partial charge in [0.05, 0.1) is 5.56 Å². The molecule has 0 fully saturated rings. The summed E-state index contributed by atoms with van der Waals surface area (Å²) in [7, 11) is 3.97. The molecule has 1 amide bonds. The minimum Gasteiger partial charge on any atom is -0.322 e. The second-order valence-electron chi connectivity index (χ2n) is 6.01. The Morgan fingerprint density at radius 3 is 2.38 bits per heavy atom. The van der Waals surface area contributed by atoms with Gasteiger partial charge in [-0.25, -0.2) is 4.39 Å². The Kier molecular flexibility index (Phi) is 5.82. The maximum Gasteiger partial charge on any atom is 0.258 e. The lowest BCUT2D eigenvalue weighted by atomic mass is 10.0. The summed E-state index contributed by atoms with van der Waals surface area (Å²) in [5.41, 5.74) is 1.94. The third kappa shape index (κ3) is 4.49. The molecule has 2 aromatic rings. The summed E-state index contributed by atoms with van der Waals surface area (Å²) < 4.78 is 13.6. The van der Waals surface area contributed by atoms with Crippen LogP contribution < -0.4 is 5.32 Å². The number of rotatable bonds is 6. The summed E-state index contributed by atoms with van der Waals surface area (Å²) in [6.07, 6.45) is 0.647. The minimum absolute atomic E-state index is 0.00845. The molecule has 5 heteroatoms. The van der Waals surface area contributed by atoms with Crippen LogP contribution in [0, 0.1) is 11.2 Å². The molecule has 0 bridgehead atoms. The predicted molar refractivity (Wildman–Crippen MR) is 95.4 cm³/mol. The molecule has 0 heterocycles. The van der Waals surface area contributed by atoms with Gasteiger partial charge in [0.25, 0.3) is 5.91 Å². The predicted octanol–water partition coefficient (Wildman–Crippen LogP) is 3.79. The normalized spacial score (nSPS) is 12.0. The number of nitrogens with one attached hydrogen (secondary N) is 2. The second-order valence-corrected chi connectivity index (χ2v) is 6.01. The van der Waals surface area contributed by atoms with Gasteiger partial charge in [-0.2, -0.15) is 0 Å². The van der Waals surface area contributed by atoms with Gasteiger partial charge in [0.1, 0.15) is 5.82 Å². The molecular weight excluding hydrogens is 305 g/mol. The second kappa shape index (κ2) is 7.84. The molecule has 2 rings (SSSR count). The highest BCUT2D eigenvalue weighted by molar-refractivity contribution is 6.05. The van der Waals surface area contributed by atoms with Gasteiger partial charge in [0.2, 0.25) is 0 Å². The van der Waals surface area contributed by atoms with Gasteiger partial charge in [0.15, 0.2) is 0 Å². The van der Waals surface area contributed by atoms with Crippen molar-refractivity contribution >= 4 is 17.3 Å². The number of hydrogen-bond donors (Lipinski definition) is 2. The molecule has 0 aromatic heterocycles. The Morgan fingerprint density at radius 2 is 1.79 bits per heavy atom. The first-order valence-electron chi connectivity index (χ1n) is 7.78. The van der Waals surface area contributed by atoms with Gasteiger partial charge in [-0.15, -0.1) is 0 Å². The molecule has 0 saturated carbocycles. The van der Waals surface area contributed by atoms with Gasteiger partial charge in [-0.1, -0.05) is 24.3 Å². The van der Waals surface area contributed by atoms with E-state index in [9.17, 15) is 9.18 Å². The Bertz CT molecular complexity index is 726. The number of carbonyl (C=O) groups excluding carboxylic acids is 1. The van der Waals surface area contributed by atoms with Crippen molar-refractivity contribution in [2.24, 2.45) is 0 Å². The van der Waals surface area contributed by atoms with Crippen molar-refractivity contribution in [1.82, 2.24) is 4.90 Å². The van der Waals surface area contributed by atoms with Crippen LogP contribution in [0.2, 0.25) is 0 Å². The molecule has 2 N–H and O–H groups in total. The van der Waals surface area contributed by atoms with Crippen molar-refractivity contribution in [3.05, 3.63) is 65.5 Å². The van der Waals surface area contributed by atoms with E-state index in [1.807, 2.05) is 14.1 Å². The van der Waals surface area contributed by atoms with Crippen LogP contribution in [0.25, 0.3) is 0 Å². The molecule has 24 heavy (non-hydrogen) atoms. The lowest BCUT2D eigenvalue weighted by molar-refractivity contribution is 0.102. The molecule has 126 valence electrons. The van der Waals surface area contributed by atoms with Crippen molar-refractivity contribution in [1.29, 1.82) is 5.41 Å². The van der Waals surface area contributed by atoms with E-state index in [-0.39, 0.29) is 11.6 Å². The SMILES string of the molecule is CC(CC(=N)c1ccc(NC(=O)c2ccccc2F)cc1)N(C)C. The monoisotopic (exact) mass is 327 g/mol. The molecule has 0 radical (unpaired) electrons. The van der Waals surface area contributed by atoms with E-state index in [0.717, 1.165) is 5.56 Å². The van der Waals surface area contributed by atoms with E-state index in [2.05, 4.69) is 17.1 Å². The fourth-order valence-corrected chi connectivity index (χ4v) is 2.19. The molecule has 0 spiro atoms. The molecular formula is C19H22FN3O. The fourth-order valence-electron chi connectivity index (χ4n) is 2.19. The highest BCUT2D eigenvalue weighted by Crippen LogP contribution is 2.15. The van der Waals surface area contributed by atoms with E-state index in [4.69, 9.17) is 5.41 Å². The Hall–Kier alpha value is -2.53. The molecule has 1 unspecified atom stereocenters. The highest BCUT2D eigenvalue weighted by atomic mass is 19.1. The van der Waals surface area contributed by atoms with E-state index in [0.29, 0.717) is 17.8 Å². The first-order chi connectivity index (χ1) is 11.4. The molecule has 4 nitrogen and oxygen atoms in total. The van der Waals surface area contributed by atoms with E-state index >= 15 is 0 Å². The van der Waals surface area contributed by atoms with Crippen LogP contribution in [0.5, 0.6) is 0 Å². The third-order valence-corrected chi connectivity index (χ3v) is 3.99. The number of benzene rings is 2. The van der Waals surface area contributed by atoms with Crippen molar-refractivity contribution in [3.8, 4) is 0 Å². The van der Waals surface area contributed by atoms with Crippen LogP contribution in [0.1, 0.15) is 29.3 Å². The van der Waals surface area contributed by atoms with Crippen LogP contribution >= 0.6 is 0 Å². The quantitative estimate of drug-likeness (QED) is 0.793. The average Bonchev–Trinajstić information content (AvgIpc) is 2.55. The zero-order valence-electron chi connectivity index (χ0n) is 14.1. The van der Waals surface area contributed by atoms with Crippen molar-refractivity contribution in [2.75, 3.05) is 19.4 Å². The van der Waals surface area contributed by atoms with Crippen LogP contribution in [-0.4, -0.2) is 36.7 Å². The van der Waals surface area contributed by atoms with Crippen molar-refractivity contribution in [3.63, 3.8) is 0 Å². The Morgan fingerprint density at radius 1 is 1.17 bits per heavy atom. The molecule has 1 atom stereocenters.